The van der Waals surface area contributed by atoms with E-state index < -0.39 is 45.7 Å². The third-order valence-corrected chi connectivity index (χ3v) is 9.44. The van der Waals surface area contributed by atoms with Crippen LogP contribution in [-0.2, 0) is 34.1 Å². The number of benzene rings is 3. The Bertz CT molecular complexity index is 1610. The first-order chi connectivity index (χ1) is 22.3. The number of amides is 1. The number of nitrogens with zero attached hydrogens (tertiary/aromatic N) is 2. The summed E-state index contributed by atoms with van der Waals surface area (Å²) in [5.74, 6) is -2.82. The lowest BCUT2D eigenvalue weighted by molar-refractivity contribution is 0.0237. The van der Waals surface area contributed by atoms with Crippen LogP contribution in [0.1, 0.15) is 71.0 Å². The van der Waals surface area contributed by atoms with E-state index in [0.29, 0.717) is 32.5 Å². The van der Waals surface area contributed by atoms with Crippen LogP contribution in [0.2, 0.25) is 0 Å². The average Bonchev–Trinajstić information content (AvgIpc) is 3.03. The van der Waals surface area contributed by atoms with Crippen LogP contribution in [0, 0.1) is 11.6 Å². The predicted molar refractivity (Wildman–Crippen MR) is 179 cm³/mol. The van der Waals surface area contributed by atoms with Crippen LogP contribution in [0.25, 0.3) is 0 Å². The lowest BCUT2D eigenvalue weighted by Gasteiger charge is -2.26. The van der Waals surface area contributed by atoms with Crippen molar-refractivity contribution in [2.24, 2.45) is 5.73 Å². The summed E-state index contributed by atoms with van der Waals surface area (Å²) in [7, 11) is -1.33. The molecule has 9 nitrogen and oxygen atoms in total. The Morgan fingerprint density at radius 3 is 2.09 bits per heavy atom. The van der Waals surface area contributed by atoms with Gasteiger partial charge in [-0.1, -0.05) is 45.0 Å². The van der Waals surface area contributed by atoms with E-state index in [2.05, 4.69) is 18.3 Å². The maximum absolute atomic E-state index is 13.9. The molecule has 2 atom stereocenters. The molecule has 3 aromatic carbocycles. The molecule has 0 bridgehead atoms. The van der Waals surface area contributed by atoms with Crippen molar-refractivity contribution in [3.05, 3.63) is 100 Å². The van der Waals surface area contributed by atoms with Gasteiger partial charge in [-0.3, -0.25) is 4.79 Å². The lowest BCUT2D eigenvalue weighted by Crippen LogP contribution is -2.46. The van der Waals surface area contributed by atoms with Gasteiger partial charge < -0.3 is 20.7 Å². The second-order valence-electron chi connectivity index (χ2n) is 11.7. The third-order valence-electron chi connectivity index (χ3n) is 7.65. The number of nitrogens with one attached hydrogen (secondary N) is 1. The number of ether oxygens (including phenoxy) is 1. The van der Waals surface area contributed by atoms with E-state index in [0.717, 1.165) is 40.1 Å². The zero-order chi connectivity index (χ0) is 34.7. The summed E-state index contributed by atoms with van der Waals surface area (Å²) in [6.45, 7) is 7.36. The summed E-state index contributed by atoms with van der Waals surface area (Å²) in [6.07, 6.45) is 1.25. The summed E-state index contributed by atoms with van der Waals surface area (Å²) in [5, 5.41) is 3.25. The topological polar surface area (TPSA) is 122 Å². The van der Waals surface area contributed by atoms with Crippen LogP contribution in [0.4, 0.5) is 8.78 Å². The van der Waals surface area contributed by atoms with Crippen molar-refractivity contribution >= 4 is 21.9 Å². The quantitative estimate of drug-likeness (QED) is 0.195. The first-order valence-corrected chi connectivity index (χ1v) is 17.3. The lowest BCUT2D eigenvalue weighted by atomic mass is 10.0. The molecule has 0 aliphatic rings. The summed E-state index contributed by atoms with van der Waals surface area (Å²) in [5.41, 5.74) is 8.83. The molecule has 12 heteroatoms. The van der Waals surface area contributed by atoms with Crippen LogP contribution in [0.15, 0.2) is 65.6 Å². The number of aryl methyl sites for hydroxylation is 1. The number of nitrogens with two attached hydrogens (primary N) is 1. The molecule has 47 heavy (non-hydrogen) atoms. The van der Waals surface area contributed by atoms with Gasteiger partial charge in [0, 0.05) is 57.9 Å². The van der Waals surface area contributed by atoms with E-state index in [1.165, 1.54) is 32.3 Å². The molecule has 0 aliphatic heterocycles. The highest BCUT2D eigenvalue weighted by Gasteiger charge is 2.28. The molecule has 0 radical (unpaired) electrons. The van der Waals surface area contributed by atoms with Gasteiger partial charge in [-0.2, -0.15) is 0 Å². The minimum atomic E-state index is -4.04. The number of hydrogen-bond donors (Lipinski definition) is 2. The summed E-state index contributed by atoms with van der Waals surface area (Å²) in [6, 6.07) is 13.9. The summed E-state index contributed by atoms with van der Waals surface area (Å²) >= 11 is 0. The molecule has 0 saturated carbocycles. The third kappa shape index (κ3) is 10.6. The van der Waals surface area contributed by atoms with Gasteiger partial charge in [0.25, 0.3) is 5.91 Å². The highest BCUT2D eigenvalue weighted by atomic mass is 32.2. The van der Waals surface area contributed by atoms with E-state index >= 15 is 0 Å². The molecule has 3 N–H and O–H groups in total. The SMILES string of the molecule is CCCN(CCC)C(=O)c1cc(C(=O)O[C@H](CNCc2cccc(CC)c2)[C@@H](N)Cc2cc(F)cc(F)c2)cc(S(=O)(=O)N(C)C)c1. The van der Waals surface area contributed by atoms with Gasteiger partial charge in [0.05, 0.1) is 10.5 Å². The van der Waals surface area contributed by atoms with E-state index in [-0.39, 0.29) is 34.6 Å². The number of carbonyl (C=O) groups excluding carboxylic acids is 2. The second-order valence-corrected chi connectivity index (χ2v) is 13.9. The molecule has 0 aliphatic carbocycles. The maximum Gasteiger partial charge on any atom is 0.338 e. The van der Waals surface area contributed by atoms with Gasteiger partial charge in [-0.05, 0) is 72.7 Å². The Kier molecular flexibility index (Phi) is 14.0. The van der Waals surface area contributed by atoms with Crippen molar-refractivity contribution in [3.8, 4) is 0 Å². The van der Waals surface area contributed by atoms with Crippen molar-refractivity contribution in [2.75, 3.05) is 33.7 Å². The summed E-state index contributed by atoms with van der Waals surface area (Å²) < 4.78 is 61.1. The molecule has 0 spiro atoms. The Hall–Kier alpha value is -3.71. The molecule has 1 amide bonds. The van der Waals surface area contributed by atoms with Crippen molar-refractivity contribution in [1.29, 1.82) is 0 Å². The molecular formula is C35H46F2N4O5S. The molecule has 3 aromatic rings. The molecule has 0 aromatic heterocycles. The van der Waals surface area contributed by atoms with E-state index in [9.17, 15) is 26.8 Å². The number of esters is 1. The van der Waals surface area contributed by atoms with Gasteiger partial charge in [-0.25, -0.2) is 26.3 Å². The van der Waals surface area contributed by atoms with Gasteiger partial charge >= 0.3 is 5.97 Å². The number of hydrogen-bond acceptors (Lipinski definition) is 7. The molecular weight excluding hydrogens is 626 g/mol. The molecule has 0 unspecified atom stereocenters. The Morgan fingerprint density at radius 2 is 1.49 bits per heavy atom. The zero-order valence-corrected chi connectivity index (χ0v) is 28.6. The van der Waals surface area contributed by atoms with Crippen molar-refractivity contribution < 1.29 is 31.5 Å². The van der Waals surface area contributed by atoms with Crippen molar-refractivity contribution in [1.82, 2.24) is 14.5 Å². The molecule has 0 saturated heterocycles. The zero-order valence-electron chi connectivity index (χ0n) is 27.8. The average molecular weight is 673 g/mol. The Morgan fingerprint density at radius 1 is 0.872 bits per heavy atom. The molecule has 0 fully saturated rings. The van der Waals surface area contributed by atoms with Crippen molar-refractivity contribution in [3.63, 3.8) is 0 Å². The monoisotopic (exact) mass is 672 g/mol. The van der Waals surface area contributed by atoms with Gasteiger partial charge in [0.15, 0.2) is 0 Å². The normalized spacial score (nSPS) is 13.0. The van der Waals surface area contributed by atoms with Crippen LogP contribution in [0.5, 0.6) is 0 Å². The maximum atomic E-state index is 13.9. The first kappa shape index (κ1) is 37.7. The van der Waals surface area contributed by atoms with E-state index in [1.54, 1.807) is 4.90 Å². The predicted octanol–water partition coefficient (Wildman–Crippen LogP) is 4.92. The Balaban J connectivity index is 1.97. The van der Waals surface area contributed by atoms with Gasteiger partial charge in [-0.15, -0.1) is 0 Å². The Labute approximate surface area is 277 Å². The minimum absolute atomic E-state index is 0.0125. The fourth-order valence-electron chi connectivity index (χ4n) is 5.17. The molecule has 256 valence electrons. The highest BCUT2D eigenvalue weighted by molar-refractivity contribution is 7.89. The number of rotatable bonds is 17. The smallest absolute Gasteiger partial charge is 0.338 e. The van der Waals surface area contributed by atoms with Crippen LogP contribution < -0.4 is 11.1 Å². The number of sulfonamides is 1. The van der Waals surface area contributed by atoms with E-state index in [4.69, 9.17) is 10.5 Å². The highest BCUT2D eigenvalue weighted by Crippen LogP contribution is 2.22. The van der Waals surface area contributed by atoms with Gasteiger partial charge in [0.1, 0.15) is 17.7 Å². The van der Waals surface area contributed by atoms with Crippen LogP contribution in [0.3, 0.4) is 0 Å². The largest absolute Gasteiger partial charge is 0.456 e. The summed E-state index contributed by atoms with van der Waals surface area (Å²) in [4.78, 5) is 28.6. The van der Waals surface area contributed by atoms with Crippen molar-refractivity contribution in [2.45, 2.75) is 70.0 Å². The number of halogens is 2. The van der Waals surface area contributed by atoms with Crippen LogP contribution in [-0.4, -0.2) is 75.4 Å². The second kappa shape index (κ2) is 17.4. The van der Waals surface area contributed by atoms with Crippen LogP contribution >= 0.6 is 0 Å². The fourth-order valence-corrected chi connectivity index (χ4v) is 6.15. The van der Waals surface area contributed by atoms with Gasteiger partial charge in [0.2, 0.25) is 10.0 Å². The molecule has 3 rings (SSSR count). The first-order valence-electron chi connectivity index (χ1n) is 15.9. The molecule has 0 heterocycles. The number of carbonyl (C=O) groups is 2. The minimum Gasteiger partial charge on any atom is -0.456 e. The standard InChI is InChI=1S/C35H46F2N4O5S/c1-6-12-41(13-7-2)34(42)27-18-28(20-31(19-27)47(44,45)40(4)5)35(43)46-33(23-39-22-25-11-9-10-24(8-3)14-25)32(38)17-26-15-29(36)21-30(37)16-26/h9-11,14-16,18-21,32-33,39H,6-8,12-13,17,22-23,38H2,1-5H3/t32-,33+/m0/s1. The fraction of sp³-hybridized carbons (Fsp3) is 0.429. The van der Waals surface area contributed by atoms with E-state index in [1.807, 2.05) is 32.0 Å².